The van der Waals surface area contributed by atoms with Gasteiger partial charge < -0.3 is 0 Å². The van der Waals surface area contributed by atoms with Crippen LogP contribution in [-0.2, 0) is 0 Å². The summed E-state index contributed by atoms with van der Waals surface area (Å²) in [5, 5.41) is 4.70. The first-order valence-corrected chi connectivity index (χ1v) is 8.12. The first-order valence-electron chi connectivity index (χ1n) is 3.66. The van der Waals surface area contributed by atoms with E-state index in [9.17, 15) is 17.6 Å². The fraction of sp³-hybridized carbons (Fsp3) is 0. The van der Waals surface area contributed by atoms with Crippen molar-refractivity contribution in [2.45, 2.75) is 0 Å². The van der Waals surface area contributed by atoms with Gasteiger partial charge in [-0.25, -0.2) is 22.3 Å². The summed E-state index contributed by atoms with van der Waals surface area (Å²) < 4.78 is 55.6. The molecule has 0 radical (unpaired) electrons. The molecule has 0 saturated heterocycles. The van der Waals surface area contributed by atoms with Gasteiger partial charge in [-0.15, -0.1) is 0 Å². The number of nitriles is 1. The molecule has 0 aliphatic heterocycles. The average Bonchev–Trinajstić information content (AvgIpc) is 2.21. The van der Waals surface area contributed by atoms with Crippen LogP contribution in [-0.4, -0.2) is 0 Å². The normalized spacial score (nSPS) is 11.2. The zero-order valence-electron chi connectivity index (χ0n) is 7.49. The maximum absolute atomic E-state index is 13.2. The molecule has 0 bridgehead atoms. The van der Waals surface area contributed by atoms with Crippen molar-refractivity contribution in [1.82, 2.24) is 0 Å². The van der Waals surface area contributed by atoms with E-state index in [1.54, 1.807) is 0 Å². The van der Waals surface area contributed by atoms with Crippen LogP contribution in [0.25, 0.3) is 0 Å². The number of rotatable bonds is 1. The van der Waals surface area contributed by atoms with Gasteiger partial charge in [0.1, 0.15) is 17.3 Å². The average molecular weight is 325 g/mol. The topological polar surface area (TPSA) is 36.1 Å². The Hall–Kier alpha value is -0.470. The van der Waals surface area contributed by atoms with Crippen molar-refractivity contribution in [2.24, 2.45) is 4.74 Å². The first kappa shape index (κ1) is 14.6. The molecule has 1 aromatic carbocycles. The van der Waals surface area contributed by atoms with E-state index in [0.717, 1.165) is 6.07 Å². The predicted molar refractivity (Wildman–Crippen MR) is 57.6 cm³/mol. The molecule has 0 saturated carbocycles. The van der Waals surface area contributed by atoms with E-state index in [4.69, 9.17) is 39.0 Å². The van der Waals surface area contributed by atoms with Crippen molar-refractivity contribution in [2.75, 3.05) is 0 Å². The molecule has 0 atom stereocenters. The van der Waals surface area contributed by atoms with Crippen molar-refractivity contribution in [3.8, 4) is 6.07 Å². The van der Waals surface area contributed by atoms with Crippen LogP contribution in [0.1, 0.15) is 5.56 Å². The van der Waals surface area contributed by atoms with E-state index >= 15 is 0 Å². The van der Waals surface area contributed by atoms with Gasteiger partial charge in [0.15, 0.2) is 23.3 Å². The second kappa shape index (κ2) is 5.03. The minimum Gasteiger partial charge on any atom is -0.217 e. The summed E-state index contributed by atoms with van der Waals surface area (Å²) in [7, 11) is 0. The molecule has 0 aromatic heterocycles. The summed E-state index contributed by atoms with van der Waals surface area (Å²) in [4.78, 5) is 0. The van der Waals surface area contributed by atoms with Crippen LogP contribution in [0.2, 0.25) is 0 Å². The van der Waals surface area contributed by atoms with Crippen molar-refractivity contribution in [3.63, 3.8) is 0 Å². The highest BCUT2D eigenvalue weighted by molar-refractivity contribution is 8.26. The number of hydrogen-bond donors (Lipinski definition) is 0. The molecule has 0 amide bonds. The Morgan fingerprint density at radius 2 is 1.35 bits per heavy atom. The van der Waals surface area contributed by atoms with Gasteiger partial charge in [0.25, 0.3) is 0 Å². The molecule has 10 heteroatoms. The van der Waals surface area contributed by atoms with Gasteiger partial charge in [-0.3, -0.25) is 0 Å². The fourth-order valence-electron chi connectivity index (χ4n) is 0.919. The van der Waals surface area contributed by atoms with Gasteiger partial charge in [0.05, 0.1) is 0 Å². The van der Waals surface area contributed by atoms with E-state index < -0.39 is 39.6 Å². The number of hydrogen-bond acceptors (Lipinski definition) is 2. The maximum Gasteiger partial charge on any atom is 0.229 e. The lowest BCUT2D eigenvalue weighted by Crippen LogP contribution is -2.00. The van der Waals surface area contributed by atoms with Gasteiger partial charge in [-0.2, -0.15) is 5.26 Å². The highest BCUT2D eigenvalue weighted by atomic mass is 36.0. The van der Waals surface area contributed by atoms with Crippen LogP contribution in [0, 0.1) is 34.6 Å². The zero-order chi connectivity index (χ0) is 13.4. The van der Waals surface area contributed by atoms with Crippen LogP contribution in [0.5, 0.6) is 0 Å². The van der Waals surface area contributed by atoms with E-state index in [2.05, 4.69) is 4.74 Å². The molecule has 0 fully saturated rings. The van der Waals surface area contributed by atoms with Gasteiger partial charge in [-0.05, 0) is 33.7 Å². The molecule has 17 heavy (non-hydrogen) atoms. The Bertz CT molecular complexity index is 540. The number of benzene rings is 1. The van der Waals surface area contributed by atoms with Gasteiger partial charge in [-0.1, -0.05) is 0 Å². The summed E-state index contributed by atoms with van der Waals surface area (Å²) in [6, 6.07) is 0.974. The van der Waals surface area contributed by atoms with E-state index in [-0.39, 0.29) is 0 Å². The third-order valence-electron chi connectivity index (χ3n) is 1.57. The molecule has 2 nitrogen and oxygen atoms in total. The summed E-state index contributed by atoms with van der Waals surface area (Å²) >= 11 is 15.7. The Morgan fingerprint density at radius 3 is 1.65 bits per heavy atom. The van der Waals surface area contributed by atoms with Crippen LogP contribution in [0.4, 0.5) is 23.2 Å². The Morgan fingerprint density at radius 1 is 0.941 bits per heavy atom. The monoisotopic (exact) mass is 324 g/mol. The standard InChI is InChI=1S/C7Cl3F4N2P/c8-17(9,10)16-7-5(13)3(11)2(1-15)4(12)6(7)14. The molecule has 0 aliphatic carbocycles. The SMILES string of the molecule is N#Cc1c(F)c(F)c(N=P(Cl)(Cl)Cl)c(F)c1F. The highest BCUT2D eigenvalue weighted by Gasteiger charge is 2.26. The van der Waals surface area contributed by atoms with E-state index in [1.165, 1.54) is 0 Å². The van der Waals surface area contributed by atoms with Gasteiger partial charge in [0, 0.05) is 0 Å². The molecular weight excluding hydrogens is 325 g/mol. The predicted octanol–water partition coefficient (Wildman–Crippen LogP) is 5.41. The second-order valence-corrected chi connectivity index (χ2v) is 9.61. The lowest BCUT2D eigenvalue weighted by molar-refractivity contribution is 0.454. The minimum atomic E-state index is -3.61. The Kier molecular flexibility index (Phi) is 4.32. The largest absolute Gasteiger partial charge is 0.229 e. The van der Waals surface area contributed by atoms with Crippen molar-refractivity contribution in [1.29, 1.82) is 5.26 Å². The molecule has 0 aliphatic rings. The molecule has 0 N–H and O–H groups in total. The van der Waals surface area contributed by atoms with Crippen molar-refractivity contribution in [3.05, 3.63) is 28.8 Å². The molecular formula is C7Cl3F4N2P. The minimum absolute atomic E-state index is 0.974. The summed E-state index contributed by atoms with van der Waals surface area (Å²) in [5.74, 6) is -7.54. The zero-order valence-corrected chi connectivity index (χ0v) is 10.6. The molecule has 0 unspecified atom stereocenters. The third kappa shape index (κ3) is 3.05. The lowest BCUT2D eigenvalue weighted by Gasteiger charge is -2.06. The quantitative estimate of drug-likeness (QED) is 0.386. The van der Waals surface area contributed by atoms with Gasteiger partial charge in [0.2, 0.25) is 5.11 Å². The van der Waals surface area contributed by atoms with Crippen LogP contribution in [0.3, 0.4) is 0 Å². The molecule has 1 rings (SSSR count). The second-order valence-electron chi connectivity index (χ2n) is 2.61. The highest BCUT2D eigenvalue weighted by Crippen LogP contribution is 2.67. The number of nitrogens with zero attached hydrogens (tertiary/aromatic N) is 2. The first-order chi connectivity index (χ1) is 7.69. The maximum atomic E-state index is 13.2. The van der Waals surface area contributed by atoms with Gasteiger partial charge >= 0.3 is 0 Å². The van der Waals surface area contributed by atoms with Crippen molar-refractivity contribution >= 4 is 44.5 Å². The molecule has 92 valence electrons. The Balaban J connectivity index is 3.74. The third-order valence-corrected chi connectivity index (χ3v) is 2.67. The molecule has 0 heterocycles. The Labute approximate surface area is 107 Å². The molecule has 0 spiro atoms. The van der Waals surface area contributed by atoms with E-state index in [0.29, 0.717) is 0 Å². The molecule has 1 aromatic rings. The summed E-state index contributed by atoms with van der Waals surface area (Å²) in [5.41, 5.74) is -2.78. The van der Waals surface area contributed by atoms with Crippen LogP contribution < -0.4 is 0 Å². The van der Waals surface area contributed by atoms with Crippen molar-refractivity contribution < 1.29 is 17.6 Å². The number of halogens is 7. The summed E-state index contributed by atoms with van der Waals surface area (Å²) in [6.45, 7) is 0. The summed E-state index contributed by atoms with van der Waals surface area (Å²) in [6.07, 6.45) is 0. The van der Waals surface area contributed by atoms with Crippen LogP contribution in [0.15, 0.2) is 4.74 Å². The fourth-order valence-corrected chi connectivity index (χ4v) is 2.00. The van der Waals surface area contributed by atoms with Crippen LogP contribution >= 0.6 is 38.8 Å². The smallest absolute Gasteiger partial charge is 0.217 e. The lowest BCUT2D eigenvalue weighted by atomic mass is 10.1. The van der Waals surface area contributed by atoms with E-state index in [1.807, 2.05) is 0 Å².